The molecule has 1 atom stereocenters. The standard InChI is InChI=1S/C20H23ClN2O/c1-2-18(14-24)22-11-16-13-23(20-6-4-3-5-19(16)20)12-15-7-9-17(21)10-8-15/h3-10,13,18,22,24H,2,11-12,14H2,1H3/t18-/m0/s1. The molecule has 4 heteroatoms. The van der Waals surface area contributed by atoms with Crippen molar-refractivity contribution in [1.82, 2.24) is 9.88 Å². The van der Waals surface area contributed by atoms with E-state index in [1.807, 2.05) is 12.1 Å². The first-order valence-corrected chi connectivity index (χ1v) is 8.74. The molecule has 0 spiro atoms. The van der Waals surface area contributed by atoms with E-state index in [1.165, 1.54) is 22.0 Å². The summed E-state index contributed by atoms with van der Waals surface area (Å²) >= 11 is 5.98. The molecule has 3 nitrogen and oxygen atoms in total. The predicted octanol–water partition coefficient (Wildman–Crippen LogP) is 4.20. The molecule has 0 aliphatic rings. The van der Waals surface area contributed by atoms with Gasteiger partial charge in [-0.1, -0.05) is 48.9 Å². The molecule has 0 aliphatic heterocycles. The quantitative estimate of drug-likeness (QED) is 0.675. The number of nitrogens with one attached hydrogen (secondary N) is 1. The van der Waals surface area contributed by atoms with Crippen LogP contribution in [0.2, 0.25) is 5.02 Å². The zero-order valence-electron chi connectivity index (χ0n) is 13.9. The maximum atomic E-state index is 9.36. The molecule has 0 aliphatic carbocycles. The lowest BCUT2D eigenvalue weighted by Crippen LogP contribution is -2.31. The van der Waals surface area contributed by atoms with Gasteiger partial charge >= 0.3 is 0 Å². The fraction of sp³-hybridized carbons (Fsp3) is 0.300. The summed E-state index contributed by atoms with van der Waals surface area (Å²) in [5.74, 6) is 0. The zero-order valence-corrected chi connectivity index (χ0v) is 14.6. The number of para-hydroxylation sites is 1. The van der Waals surface area contributed by atoms with Crippen molar-refractivity contribution in [2.75, 3.05) is 6.61 Å². The van der Waals surface area contributed by atoms with E-state index in [1.54, 1.807) is 0 Å². The summed E-state index contributed by atoms with van der Waals surface area (Å²) in [5.41, 5.74) is 3.70. The summed E-state index contributed by atoms with van der Waals surface area (Å²) in [6.07, 6.45) is 3.12. The van der Waals surface area contributed by atoms with Gasteiger partial charge < -0.3 is 15.0 Å². The van der Waals surface area contributed by atoms with Crippen molar-refractivity contribution in [3.05, 3.63) is 70.9 Å². The molecule has 1 aromatic heterocycles. The van der Waals surface area contributed by atoms with Crippen molar-refractivity contribution in [3.63, 3.8) is 0 Å². The first-order chi connectivity index (χ1) is 11.7. The maximum Gasteiger partial charge on any atom is 0.0584 e. The van der Waals surface area contributed by atoms with E-state index in [4.69, 9.17) is 11.6 Å². The number of rotatable bonds is 7. The Kier molecular flexibility index (Phi) is 5.56. The van der Waals surface area contributed by atoms with E-state index in [0.29, 0.717) is 0 Å². The third-order valence-electron chi connectivity index (χ3n) is 4.43. The molecule has 0 bridgehead atoms. The summed E-state index contributed by atoms with van der Waals surface area (Å²) in [7, 11) is 0. The summed E-state index contributed by atoms with van der Waals surface area (Å²) in [4.78, 5) is 0. The molecule has 24 heavy (non-hydrogen) atoms. The van der Waals surface area contributed by atoms with Crippen molar-refractivity contribution in [1.29, 1.82) is 0 Å². The topological polar surface area (TPSA) is 37.2 Å². The molecule has 0 radical (unpaired) electrons. The smallest absolute Gasteiger partial charge is 0.0584 e. The Bertz CT molecular complexity index is 791. The Balaban J connectivity index is 1.87. The van der Waals surface area contributed by atoms with Crippen LogP contribution in [0.1, 0.15) is 24.5 Å². The van der Waals surface area contributed by atoms with Crippen LogP contribution >= 0.6 is 11.6 Å². The SMILES string of the molecule is CC[C@@H](CO)NCc1cn(Cc2ccc(Cl)cc2)c2ccccc12. The van der Waals surface area contributed by atoms with Gasteiger partial charge in [0.25, 0.3) is 0 Å². The van der Waals surface area contributed by atoms with Crippen molar-refractivity contribution in [3.8, 4) is 0 Å². The number of aromatic nitrogens is 1. The third kappa shape index (κ3) is 3.81. The van der Waals surface area contributed by atoms with Crippen LogP contribution in [-0.2, 0) is 13.1 Å². The highest BCUT2D eigenvalue weighted by molar-refractivity contribution is 6.30. The third-order valence-corrected chi connectivity index (χ3v) is 4.68. The van der Waals surface area contributed by atoms with Gasteiger partial charge in [-0.2, -0.15) is 0 Å². The molecule has 0 fully saturated rings. The van der Waals surface area contributed by atoms with Crippen LogP contribution in [0.15, 0.2) is 54.7 Å². The van der Waals surface area contributed by atoms with Crippen LogP contribution in [-0.4, -0.2) is 22.3 Å². The van der Waals surface area contributed by atoms with Gasteiger partial charge in [-0.3, -0.25) is 0 Å². The van der Waals surface area contributed by atoms with Gasteiger partial charge in [0.2, 0.25) is 0 Å². The van der Waals surface area contributed by atoms with Gasteiger partial charge in [-0.05, 0) is 35.7 Å². The Hall–Kier alpha value is -1.81. The molecule has 2 aromatic carbocycles. The van der Waals surface area contributed by atoms with Gasteiger partial charge in [-0.25, -0.2) is 0 Å². The molecule has 0 saturated heterocycles. The minimum absolute atomic E-state index is 0.142. The van der Waals surface area contributed by atoms with Crippen molar-refractivity contribution in [2.45, 2.75) is 32.5 Å². The molecule has 0 amide bonds. The van der Waals surface area contributed by atoms with Crippen molar-refractivity contribution >= 4 is 22.5 Å². The highest BCUT2D eigenvalue weighted by Crippen LogP contribution is 2.23. The predicted molar refractivity (Wildman–Crippen MR) is 100 cm³/mol. The highest BCUT2D eigenvalue weighted by atomic mass is 35.5. The Morgan fingerprint density at radius 2 is 1.88 bits per heavy atom. The molecule has 1 heterocycles. The second-order valence-corrected chi connectivity index (χ2v) is 6.53. The van der Waals surface area contributed by atoms with Crippen LogP contribution in [0, 0.1) is 0 Å². The summed E-state index contributed by atoms with van der Waals surface area (Å²) in [5, 5.41) is 14.8. The minimum Gasteiger partial charge on any atom is -0.395 e. The van der Waals surface area contributed by atoms with Crippen molar-refractivity contribution < 1.29 is 5.11 Å². The van der Waals surface area contributed by atoms with Gasteiger partial charge in [-0.15, -0.1) is 0 Å². The maximum absolute atomic E-state index is 9.36. The molecular weight excluding hydrogens is 320 g/mol. The molecule has 0 unspecified atom stereocenters. The van der Waals surface area contributed by atoms with Gasteiger partial charge in [0.1, 0.15) is 0 Å². The molecule has 0 saturated carbocycles. The summed E-state index contributed by atoms with van der Waals surface area (Å²) < 4.78 is 2.27. The fourth-order valence-electron chi connectivity index (χ4n) is 2.97. The van der Waals surface area contributed by atoms with Gasteiger partial charge in [0, 0.05) is 41.3 Å². The first-order valence-electron chi connectivity index (χ1n) is 8.36. The zero-order chi connectivity index (χ0) is 16.9. The average Bonchev–Trinajstić information content (AvgIpc) is 2.96. The number of halogens is 1. The van der Waals surface area contributed by atoms with Crippen LogP contribution in [0.5, 0.6) is 0 Å². The lowest BCUT2D eigenvalue weighted by atomic mass is 10.1. The van der Waals surface area contributed by atoms with E-state index in [-0.39, 0.29) is 12.6 Å². The first kappa shape index (κ1) is 17.0. The number of aliphatic hydroxyl groups excluding tert-OH is 1. The lowest BCUT2D eigenvalue weighted by molar-refractivity contribution is 0.238. The fourth-order valence-corrected chi connectivity index (χ4v) is 3.10. The number of benzene rings is 2. The van der Waals surface area contributed by atoms with E-state index < -0.39 is 0 Å². The largest absolute Gasteiger partial charge is 0.395 e. The normalized spacial score (nSPS) is 12.6. The Morgan fingerprint density at radius 1 is 1.12 bits per heavy atom. The van der Waals surface area contributed by atoms with Crippen LogP contribution < -0.4 is 5.32 Å². The molecule has 3 rings (SSSR count). The van der Waals surface area contributed by atoms with Crippen LogP contribution in [0.25, 0.3) is 10.9 Å². The Morgan fingerprint density at radius 3 is 2.58 bits per heavy atom. The second kappa shape index (κ2) is 7.84. The molecule has 2 N–H and O–H groups in total. The molecular formula is C20H23ClN2O. The highest BCUT2D eigenvalue weighted by Gasteiger charge is 2.10. The van der Waals surface area contributed by atoms with Gasteiger partial charge in [0.05, 0.1) is 6.61 Å². The van der Waals surface area contributed by atoms with Crippen molar-refractivity contribution in [2.24, 2.45) is 0 Å². The second-order valence-electron chi connectivity index (χ2n) is 6.09. The molecule has 3 aromatic rings. The summed E-state index contributed by atoms with van der Waals surface area (Å²) in [6, 6.07) is 16.6. The number of hydrogen-bond acceptors (Lipinski definition) is 2. The van der Waals surface area contributed by atoms with E-state index in [9.17, 15) is 5.11 Å². The number of fused-ring (bicyclic) bond motifs is 1. The summed E-state index contributed by atoms with van der Waals surface area (Å²) in [6.45, 7) is 3.82. The number of aliphatic hydroxyl groups is 1. The monoisotopic (exact) mass is 342 g/mol. The molecule has 126 valence electrons. The van der Waals surface area contributed by atoms with Crippen LogP contribution in [0.3, 0.4) is 0 Å². The van der Waals surface area contributed by atoms with E-state index in [2.05, 4.69) is 59.4 Å². The average molecular weight is 343 g/mol. The van der Waals surface area contributed by atoms with E-state index >= 15 is 0 Å². The minimum atomic E-state index is 0.142. The Labute approximate surface area is 147 Å². The van der Waals surface area contributed by atoms with Gasteiger partial charge in [0.15, 0.2) is 0 Å². The van der Waals surface area contributed by atoms with Crippen LogP contribution in [0.4, 0.5) is 0 Å². The number of hydrogen-bond donors (Lipinski definition) is 2. The lowest BCUT2D eigenvalue weighted by Gasteiger charge is -2.13. The number of nitrogens with zero attached hydrogens (tertiary/aromatic N) is 1. The van der Waals surface area contributed by atoms with E-state index in [0.717, 1.165) is 24.5 Å².